The minimum atomic E-state index is -0.164. The first-order chi connectivity index (χ1) is 10.6. The molecule has 1 amide bonds. The van der Waals surface area contributed by atoms with E-state index in [2.05, 4.69) is 26.2 Å². The first-order valence-electron chi connectivity index (χ1n) is 6.59. The summed E-state index contributed by atoms with van der Waals surface area (Å²) in [6.45, 7) is 1.90. The molecule has 0 spiro atoms. The number of ether oxygens (including phenoxy) is 1. The molecule has 0 aliphatic carbocycles. The van der Waals surface area contributed by atoms with Crippen LogP contribution in [0, 0.1) is 6.92 Å². The number of aromatic nitrogens is 1. The van der Waals surface area contributed by atoms with Crippen LogP contribution in [0.5, 0.6) is 5.75 Å². The van der Waals surface area contributed by atoms with Gasteiger partial charge in [0, 0.05) is 10.0 Å². The lowest BCUT2D eigenvalue weighted by molar-refractivity contribution is 0.102. The molecule has 22 heavy (non-hydrogen) atoms. The number of amides is 1. The predicted molar refractivity (Wildman–Crippen MR) is 93.0 cm³/mol. The molecule has 0 bridgehead atoms. The van der Waals surface area contributed by atoms with Gasteiger partial charge in [-0.25, -0.2) is 4.98 Å². The molecular formula is C16H13BrN2O2S. The van der Waals surface area contributed by atoms with E-state index in [0.29, 0.717) is 16.4 Å². The zero-order valence-electron chi connectivity index (χ0n) is 12.0. The van der Waals surface area contributed by atoms with E-state index < -0.39 is 0 Å². The van der Waals surface area contributed by atoms with Crippen molar-refractivity contribution in [1.82, 2.24) is 4.98 Å². The maximum absolute atomic E-state index is 12.4. The minimum Gasteiger partial charge on any atom is -0.494 e. The van der Waals surface area contributed by atoms with Crippen molar-refractivity contribution in [3.63, 3.8) is 0 Å². The Hall–Kier alpha value is -1.92. The highest BCUT2D eigenvalue weighted by Gasteiger charge is 2.13. The van der Waals surface area contributed by atoms with Gasteiger partial charge in [0.05, 0.1) is 11.8 Å². The van der Waals surface area contributed by atoms with Crippen molar-refractivity contribution in [2.24, 2.45) is 0 Å². The SMILES string of the molecule is COc1cccc2sc(NC(=O)c3ccc(Br)cc3C)nc12. The van der Waals surface area contributed by atoms with Crippen molar-refractivity contribution in [3.05, 3.63) is 52.0 Å². The summed E-state index contributed by atoms with van der Waals surface area (Å²) in [5.74, 6) is 0.539. The lowest BCUT2D eigenvalue weighted by atomic mass is 10.1. The quantitative estimate of drug-likeness (QED) is 0.724. The van der Waals surface area contributed by atoms with Crippen LogP contribution in [0.3, 0.4) is 0 Å². The summed E-state index contributed by atoms with van der Waals surface area (Å²) in [5, 5.41) is 3.42. The Morgan fingerprint density at radius 2 is 2.14 bits per heavy atom. The van der Waals surface area contributed by atoms with E-state index in [0.717, 1.165) is 20.3 Å². The lowest BCUT2D eigenvalue weighted by Crippen LogP contribution is -2.13. The first kappa shape index (κ1) is 15.0. The second kappa shape index (κ2) is 6.06. The van der Waals surface area contributed by atoms with Gasteiger partial charge in [0.15, 0.2) is 5.13 Å². The van der Waals surface area contributed by atoms with E-state index >= 15 is 0 Å². The molecule has 0 aliphatic rings. The number of hydrogen-bond donors (Lipinski definition) is 1. The second-order valence-corrected chi connectivity index (χ2v) is 6.69. The zero-order chi connectivity index (χ0) is 15.7. The summed E-state index contributed by atoms with van der Waals surface area (Å²) in [5.41, 5.74) is 2.30. The number of nitrogens with zero attached hydrogens (tertiary/aromatic N) is 1. The maximum atomic E-state index is 12.4. The highest BCUT2D eigenvalue weighted by molar-refractivity contribution is 9.10. The molecular weight excluding hydrogens is 364 g/mol. The number of anilines is 1. The zero-order valence-corrected chi connectivity index (χ0v) is 14.4. The number of halogens is 1. The normalized spacial score (nSPS) is 10.7. The van der Waals surface area contributed by atoms with Gasteiger partial charge in [-0.2, -0.15) is 0 Å². The second-order valence-electron chi connectivity index (χ2n) is 4.74. The summed E-state index contributed by atoms with van der Waals surface area (Å²) >= 11 is 4.82. The molecule has 0 unspecified atom stereocenters. The maximum Gasteiger partial charge on any atom is 0.257 e. The summed E-state index contributed by atoms with van der Waals surface area (Å²) in [7, 11) is 1.61. The Bertz CT molecular complexity index is 860. The van der Waals surface area contributed by atoms with Gasteiger partial charge in [0.25, 0.3) is 5.91 Å². The Kier molecular flexibility index (Phi) is 4.13. The van der Waals surface area contributed by atoms with Gasteiger partial charge < -0.3 is 4.74 Å². The standard InChI is InChI=1S/C16H13BrN2O2S/c1-9-8-10(17)6-7-11(9)15(20)19-16-18-14-12(21-2)4-3-5-13(14)22-16/h3-8H,1-2H3,(H,18,19,20). The smallest absolute Gasteiger partial charge is 0.257 e. The van der Waals surface area contributed by atoms with E-state index in [-0.39, 0.29) is 5.91 Å². The molecule has 0 radical (unpaired) electrons. The Morgan fingerprint density at radius 1 is 1.32 bits per heavy atom. The van der Waals surface area contributed by atoms with Gasteiger partial charge in [-0.05, 0) is 42.8 Å². The topological polar surface area (TPSA) is 51.2 Å². The van der Waals surface area contributed by atoms with E-state index in [1.165, 1.54) is 11.3 Å². The van der Waals surface area contributed by atoms with Crippen LogP contribution in [0.2, 0.25) is 0 Å². The number of methoxy groups -OCH3 is 1. The van der Waals surface area contributed by atoms with Gasteiger partial charge >= 0.3 is 0 Å². The van der Waals surface area contributed by atoms with Crippen molar-refractivity contribution in [2.75, 3.05) is 12.4 Å². The Balaban J connectivity index is 1.91. The fourth-order valence-electron chi connectivity index (χ4n) is 2.19. The molecule has 1 heterocycles. The molecule has 0 atom stereocenters. The summed E-state index contributed by atoms with van der Waals surface area (Å²) in [4.78, 5) is 16.8. The van der Waals surface area contributed by atoms with Crippen molar-refractivity contribution < 1.29 is 9.53 Å². The van der Waals surface area contributed by atoms with Crippen LogP contribution in [-0.4, -0.2) is 18.0 Å². The number of carbonyl (C=O) groups is 1. The lowest BCUT2D eigenvalue weighted by Gasteiger charge is -2.05. The molecule has 6 heteroatoms. The molecule has 0 aliphatic heterocycles. The average Bonchev–Trinajstić information content (AvgIpc) is 2.89. The number of para-hydroxylation sites is 1. The molecule has 112 valence electrons. The fraction of sp³-hybridized carbons (Fsp3) is 0.125. The average molecular weight is 377 g/mol. The number of aryl methyl sites for hydroxylation is 1. The van der Waals surface area contributed by atoms with Crippen LogP contribution in [-0.2, 0) is 0 Å². The van der Waals surface area contributed by atoms with E-state index in [4.69, 9.17) is 4.74 Å². The molecule has 3 rings (SSSR count). The molecule has 1 aromatic heterocycles. The van der Waals surface area contributed by atoms with Crippen LogP contribution < -0.4 is 10.1 Å². The van der Waals surface area contributed by atoms with E-state index in [9.17, 15) is 4.79 Å². The van der Waals surface area contributed by atoms with Crippen LogP contribution >= 0.6 is 27.3 Å². The van der Waals surface area contributed by atoms with Gasteiger partial charge in [-0.1, -0.05) is 33.3 Å². The molecule has 1 N–H and O–H groups in total. The Labute approximate surface area is 140 Å². The molecule has 2 aromatic carbocycles. The first-order valence-corrected chi connectivity index (χ1v) is 8.20. The molecule has 0 saturated heterocycles. The number of nitrogens with one attached hydrogen (secondary N) is 1. The number of fused-ring (bicyclic) bond motifs is 1. The van der Waals surface area contributed by atoms with Crippen LogP contribution in [0.25, 0.3) is 10.2 Å². The molecule has 4 nitrogen and oxygen atoms in total. The van der Waals surface area contributed by atoms with Crippen molar-refractivity contribution in [2.45, 2.75) is 6.92 Å². The third-order valence-corrected chi connectivity index (χ3v) is 4.68. The van der Waals surface area contributed by atoms with Crippen molar-refractivity contribution in [1.29, 1.82) is 0 Å². The van der Waals surface area contributed by atoms with E-state index in [1.54, 1.807) is 13.2 Å². The van der Waals surface area contributed by atoms with Gasteiger partial charge in [-0.15, -0.1) is 0 Å². The summed E-state index contributed by atoms with van der Waals surface area (Å²) in [6, 6.07) is 11.3. The van der Waals surface area contributed by atoms with Crippen molar-refractivity contribution in [3.8, 4) is 5.75 Å². The predicted octanol–water partition coefficient (Wildman–Crippen LogP) is 4.63. The van der Waals surface area contributed by atoms with Crippen molar-refractivity contribution >= 4 is 48.5 Å². The number of thiazole rings is 1. The highest BCUT2D eigenvalue weighted by atomic mass is 79.9. The van der Waals surface area contributed by atoms with Gasteiger partial charge in [0.2, 0.25) is 0 Å². The van der Waals surface area contributed by atoms with Crippen LogP contribution in [0.1, 0.15) is 15.9 Å². The highest BCUT2D eigenvalue weighted by Crippen LogP contribution is 2.32. The Morgan fingerprint density at radius 3 is 2.86 bits per heavy atom. The fourth-order valence-corrected chi connectivity index (χ4v) is 3.54. The number of hydrogen-bond acceptors (Lipinski definition) is 4. The minimum absolute atomic E-state index is 0.164. The third kappa shape index (κ3) is 2.84. The van der Waals surface area contributed by atoms with Crippen LogP contribution in [0.15, 0.2) is 40.9 Å². The van der Waals surface area contributed by atoms with Gasteiger partial charge in [0.1, 0.15) is 11.3 Å². The van der Waals surface area contributed by atoms with Gasteiger partial charge in [-0.3, -0.25) is 10.1 Å². The molecule has 3 aromatic rings. The monoisotopic (exact) mass is 376 g/mol. The largest absolute Gasteiger partial charge is 0.494 e. The number of rotatable bonds is 3. The number of benzene rings is 2. The molecule has 0 saturated carbocycles. The van der Waals surface area contributed by atoms with Crippen LogP contribution in [0.4, 0.5) is 5.13 Å². The third-order valence-electron chi connectivity index (χ3n) is 3.26. The summed E-state index contributed by atoms with van der Waals surface area (Å²) < 4.78 is 7.21. The number of carbonyl (C=O) groups excluding carboxylic acids is 1. The summed E-state index contributed by atoms with van der Waals surface area (Å²) in [6.07, 6.45) is 0. The molecule has 0 fully saturated rings. The van der Waals surface area contributed by atoms with E-state index in [1.807, 2.05) is 37.3 Å².